The predicted octanol–water partition coefficient (Wildman–Crippen LogP) is 3.39. The number of hydrogen-bond donors (Lipinski definition) is 1. The molecular formula is C19H27NO3. The number of nitrogens with one attached hydrogen (secondary N) is 1. The van der Waals surface area contributed by atoms with E-state index >= 15 is 0 Å². The van der Waals surface area contributed by atoms with Gasteiger partial charge in [-0.15, -0.1) is 0 Å². The Morgan fingerprint density at radius 3 is 2.96 bits per heavy atom. The molecule has 0 saturated carbocycles. The van der Waals surface area contributed by atoms with Gasteiger partial charge < -0.3 is 14.8 Å². The molecule has 2 rings (SSSR count). The molecule has 0 aliphatic carbocycles. The summed E-state index contributed by atoms with van der Waals surface area (Å²) in [6.45, 7) is 8.22. The van der Waals surface area contributed by atoms with Gasteiger partial charge in [-0.1, -0.05) is 19.1 Å². The summed E-state index contributed by atoms with van der Waals surface area (Å²) in [5.74, 6) is 1.60. The van der Waals surface area contributed by atoms with E-state index in [9.17, 15) is 4.79 Å². The second-order valence-corrected chi connectivity index (χ2v) is 6.03. The van der Waals surface area contributed by atoms with Crippen molar-refractivity contribution in [2.45, 2.75) is 46.5 Å². The van der Waals surface area contributed by atoms with Gasteiger partial charge in [-0.25, -0.2) is 0 Å². The zero-order valence-electron chi connectivity index (χ0n) is 14.4. The van der Waals surface area contributed by atoms with Crippen molar-refractivity contribution in [2.24, 2.45) is 0 Å². The maximum absolute atomic E-state index is 11.5. The van der Waals surface area contributed by atoms with Crippen molar-refractivity contribution in [3.8, 4) is 5.75 Å². The molecule has 1 heterocycles. The van der Waals surface area contributed by atoms with Crippen LogP contribution < -0.4 is 10.1 Å². The molecule has 0 unspecified atom stereocenters. The number of carbonyl (C=O) groups is 1. The first kappa shape index (κ1) is 17.5. The molecule has 4 nitrogen and oxygen atoms in total. The van der Waals surface area contributed by atoms with E-state index < -0.39 is 0 Å². The van der Waals surface area contributed by atoms with Crippen LogP contribution in [0.15, 0.2) is 29.5 Å². The van der Waals surface area contributed by atoms with Crippen LogP contribution in [-0.4, -0.2) is 25.7 Å². The van der Waals surface area contributed by atoms with Gasteiger partial charge in [0.05, 0.1) is 6.61 Å². The van der Waals surface area contributed by atoms with Crippen LogP contribution >= 0.6 is 0 Å². The normalized spacial score (nSPS) is 14.0. The van der Waals surface area contributed by atoms with Crippen molar-refractivity contribution in [1.82, 2.24) is 5.32 Å². The Hall–Kier alpha value is -1.81. The molecule has 0 radical (unpaired) electrons. The Kier molecular flexibility index (Phi) is 6.66. The number of carbonyl (C=O) groups excluding carboxylic acids is 1. The van der Waals surface area contributed by atoms with Gasteiger partial charge in [0, 0.05) is 19.4 Å². The molecule has 1 aliphatic heterocycles. The summed E-state index contributed by atoms with van der Waals surface area (Å²) in [4.78, 5) is 11.5. The summed E-state index contributed by atoms with van der Waals surface area (Å²) < 4.78 is 10.9. The Morgan fingerprint density at radius 2 is 2.17 bits per heavy atom. The number of fused-ring (bicyclic) bond motifs is 1. The number of benzene rings is 1. The third kappa shape index (κ3) is 5.39. The van der Waals surface area contributed by atoms with E-state index in [0.717, 1.165) is 50.3 Å². The Morgan fingerprint density at radius 1 is 1.35 bits per heavy atom. The standard InChI is InChI=1S/C19H27NO3/c1-4-5-19(21)23-15(3)14(2)13-20-10-8-16-6-7-17-9-11-22-18(17)12-16/h6-7,12,20H,4-5,8-11,13H2,1-3H3/b15-14+. The maximum Gasteiger partial charge on any atom is 0.310 e. The molecule has 0 bridgehead atoms. The van der Waals surface area contributed by atoms with Crippen LogP contribution in [0.5, 0.6) is 5.75 Å². The van der Waals surface area contributed by atoms with Crippen molar-refractivity contribution in [3.05, 3.63) is 40.7 Å². The van der Waals surface area contributed by atoms with Crippen LogP contribution in [0.1, 0.15) is 44.7 Å². The summed E-state index contributed by atoms with van der Waals surface area (Å²) in [5.41, 5.74) is 3.66. The highest BCUT2D eigenvalue weighted by molar-refractivity contribution is 5.70. The van der Waals surface area contributed by atoms with Crippen LogP contribution in [0, 0.1) is 0 Å². The monoisotopic (exact) mass is 317 g/mol. The molecule has 0 aromatic heterocycles. The molecule has 1 aromatic carbocycles. The summed E-state index contributed by atoms with van der Waals surface area (Å²) in [6, 6.07) is 6.49. The van der Waals surface area contributed by atoms with E-state index in [-0.39, 0.29) is 5.97 Å². The maximum atomic E-state index is 11.5. The Balaban J connectivity index is 1.73. The van der Waals surface area contributed by atoms with E-state index in [0.29, 0.717) is 12.2 Å². The van der Waals surface area contributed by atoms with Crippen LogP contribution in [-0.2, 0) is 22.4 Å². The SMILES string of the molecule is CCCC(=O)O/C(C)=C(\C)CNCCc1ccc2c(c1)OCC2. The average Bonchev–Trinajstić information content (AvgIpc) is 2.99. The van der Waals surface area contributed by atoms with E-state index in [1.54, 1.807) is 0 Å². The summed E-state index contributed by atoms with van der Waals surface area (Å²) in [7, 11) is 0. The second-order valence-electron chi connectivity index (χ2n) is 6.03. The smallest absolute Gasteiger partial charge is 0.310 e. The minimum absolute atomic E-state index is 0.150. The third-order valence-electron chi connectivity index (χ3n) is 4.06. The highest BCUT2D eigenvalue weighted by Gasteiger charge is 2.11. The third-order valence-corrected chi connectivity index (χ3v) is 4.06. The zero-order valence-corrected chi connectivity index (χ0v) is 14.4. The van der Waals surface area contributed by atoms with Crippen LogP contribution in [0.2, 0.25) is 0 Å². The van der Waals surface area contributed by atoms with Gasteiger partial charge in [-0.3, -0.25) is 4.79 Å². The lowest BCUT2D eigenvalue weighted by molar-refractivity contribution is -0.139. The first-order chi connectivity index (χ1) is 11.1. The molecule has 23 heavy (non-hydrogen) atoms. The number of ether oxygens (including phenoxy) is 2. The molecule has 1 aromatic rings. The first-order valence-corrected chi connectivity index (χ1v) is 8.42. The van der Waals surface area contributed by atoms with Gasteiger partial charge in [0.1, 0.15) is 11.5 Å². The van der Waals surface area contributed by atoms with Gasteiger partial charge in [0.2, 0.25) is 0 Å². The van der Waals surface area contributed by atoms with E-state index in [2.05, 4.69) is 23.5 Å². The molecule has 0 amide bonds. The van der Waals surface area contributed by atoms with Gasteiger partial charge in [0.25, 0.3) is 0 Å². The number of hydrogen-bond acceptors (Lipinski definition) is 4. The van der Waals surface area contributed by atoms with Crippen LogP contribution in [0.4, 0.5) is 0 Å². The lowest BCUT2D eigenvalue weighted by Gasteiger charge is -2.10. The molecule has 4 heteroatoms. The van der Waals surface area contributed by atoms with Crippen molar-refractivity contribution in [2.75, 3.05) is 19.7 Å². The molecule has 0 saturated heterocycles. The lowest BCUT2D eigenvalue weighted by atomic mass is 10.1. The quantitative estimate of drug-likeness (QED) is 0.453. The average molecular weight is 317 g/mol. The minimum Gasteiger partial charge on any atom is -0.493 e. The van der Waals surface area contributed by atoms with Crippen molar-refractivity contribution in [1.29, 1.82) is 0 Å². The minimum atomic E-state index is -0.150. The first-order valence-electron chi connectivity index (χ1n) is 8.42. The van der Waals surface area contributed by atoms with E-state index in [1.165, 1.54) is 11.1 Å². The zero-order chi connectivity index (χ0) is 16.7. The number of esters is 1. The van der Waals surface area contributed by atoms with Crippen molar-refractivity contribution >= 4 is 5.97 Å². The fraction of sp³-hybridized carbons (Fsp3) is 0.526. The summed E-state index contributed by atoms with van der Waals surface area (Å²) >= 11 is 0. The van der Waals surface area contributed by atoms with Gasteiger partial charge in [-0.2, -0.15) is 0 Å². The van der Waals surface area contributed by atoms with Crippen molar-refractivity contribution in [3.63, 3.8) is 0 Å². The summed E-state index contributed by atoms with van der Waals surface area (Å²) in [5, 5.41) is 3.40. The van der Waals surface area contributed by atoms with E-state index in [4.69, 9.17) is 9.47 Å². The largest absolute Gasteiger partial charge is 0.493 e. The summed E-state index contributed by atoms with van der Waals surface area (Å²) in [6.07, 6.45) is 3.26. The molecule has 1 N–H and O–H groups in total. The van der Waals surface area contributed by atoms with Gasteiger partial charge >= 0.3 is 5.97 Å². The predicted molar refractivity (Wildman–Crippen MR) is 91.6 cm³/mol. The topological polar surface area (TPSA) is 47.6 Å². The number of rotatable bonds is 8. The van der Waals surface area contributed by atoms with E-state index in [1.807, 2.05) is 20.8 Å². The fourth-order valence-corrected chi connectivity index (χ4v) is 2.51. The molecular weight excluding hydrogens is 290 g/mol. The Bertz CT molecular complexity index is 578. The van der Waals surface area contributed by atoms with Crippen molar-refractivity contribution < 1.29 is 14.3 Å². The molecule has 0 spiro atoms. The second kappa shape index (κ2) is 8.73. The molecule has 0 fully saturated rings. The molecule has 126 valence electrons. The van der Waals surface area contributed by atoms with Gasteiger partial charge in [-0.05, 0) is 56.0 Å². The molecule has 0 atom stereocenters. The fourth-order valence-electron chi connectivity index (χ4n) is 2.51. The highest BCUT2D eigenvalue weighted by Crippen LogP contribution is 2.26. The number of allylic oxidation sites excluding steroid dienone is 1. The van der Waals surface area contributed by atoms with Crippen LogP contribution in [0.25, 0.3) is 0 Å². The van der Waals surface area contributed by atoms with Gasteiger partial charge in [0.15, 0.2) is 0 Å². The van der Waals surface area contributed by atoms with Crippen LogP contribution in [0.3, 0.4) is 0 Å². The highest BCUT2D eigenvalue weighted by atomic mass is 16.5. The Labute approximate surface area is 138 Å². The molecule has 1 aliphatic rings. The lowest BCUT2D eigenvalue weighted by Crippen LogP contribution is -2.20.